The molecule has 1 heterocycles. The summed E-state index contributed by atoms with van der Waals surface area (Å²) < 4.78 is 0. The van der Waals surface area contributed by atoms with Gasteiger partial charge in [0.25, 0.3) is 0 Å². The van der Waals surface area contributed by atoms with Crippen LogP contribution in [0, 0.1) is 5.92 Å². The van der Waals surface area contributed by atoms with Crippen LogP contribution in [-0.4, -0.2) is 30.6 Å². The summed E-state index contributed by atoms with van der Waals surface area (Å²) in [4.78, 5) is 2.56. The first kappa shape index (κ1) is 11.7. The van der Waals surface area contributed by atoms with Crippen molar-refractivity contribution in [2.24, 2.45) is 11.7 Å². The minimum Gasteiger partial charge on any atom is -0.329 e. The Hall–Kier alpha value is -0.340. The van der Waals surface area contributed by atoms with E-state index in [4.69, 9.17) is 5.73 Å². The minimum absolute atomic E-state index is 0.628. The molecule has 2 N–H and O–H groups in total. The van der Waals surface area contributed by atoms with Crippen LogP contribution in [-0.2, 0) is 0 Å². The number of hydrogen-bond donors (Lipinski definition) is 1. The maximum absolute atomic E-state index is 5.80. The van der Waals surface area contributed by atoms with Crippen molar-refractivity contribution in [2.45, 2.75) is 38.6 Å². The number of likely N-dealkylation sites (tertiary alicyclic amines) is 1. The Kier molecular flexibility index (Phi) is 5.20. The van der Waals surface area contributed by atoms with Crippen LogP contribution in [0.2, 0.25) is 0 Å². The second-order valence-corrected chi connectivity index (χ2v) is 4.49. The van der Waals surface area contributed by atoms with E-state index in [1.54, 1.807) is 0 Å². The molecule has 1 rings (SSSR count). The fourth-order valence-corrected chi connectivity index (χ4v) is 2.28. The Bertz CT molecular complexity index is 168. The number of hydrogen-bond acceptors (Lipinski definition) is 2. The van der Waals surface area contributed by atoms with Gasteiger partial charge in [0, 0.05) is 12.6 Å². The van der Waals surface area contributed by atoms with Crippen molar-refractivity contribution >= 4 is 0 Å². The summed E-state index contributed by atoms with van der Waals surface area (Å²) in [5.41, 5.74) is 5.80. The van der Waals surface area contributed by atoms with Crippen LogP contribution in [0.3, 0.4) is 0 Å². The van der Waals surface area contributed by atoms with Crippen molar-refractivity contribution in [1.82, 2.24) is 4.90 Å². The van der Waals surface area contributed by atoms with E-state index in [2.05, 4.69) is 18.4 Å². The molecule has 0 aromatic rings. The summed E-state index contributed by atoms with van der Waals surface area (Å²) in [5, 5.41) is 0. The third-order valence-electron chi connectivity index (χ3n) is 3.23. The minimum atomic E-state index is 0.628. The van der Waals surface area contributed by atoms with E-state index >= 15 is 0 Å². The van der Waals surface area contributed by atoms with Gasteiger partial charge in [-0.1, -0.05) is 13.0 Å². The fraction of sp³-hybridized carbons (Fsp3) is 0.833. The van der Waals surface area contributed by atoms with Crippen molar-refractivity contribution in [3.63, 3.8) is 0 Å². The summed E-state index contributed by atoms with van der Waals surface area (Å²) in [7, 11) is 0. The quantitative estimate of drug-likeness (QED) is 0.538. The van der Waals surface area contributed by atoms with Gasteiger partial charge in [-0.2, -0.15) is 0 Å². The Morgan fingerprint density at radius 1 is 1.57 bits per heavy atom. The van der Waals surface area contributed by atoms with Crippen LogP contribution in [0.4, 0.5) is 0 Å². The van der Waals surface area contributed by atoms with Gasteiger partial charge in [-0.3, -0.25) is 4.90 Å². The zero-order valence-corrected chi connectivity index (χ0v) is 9.41. The number of nitrogens with zero attached hydrogens (tertiary/aromatic N) is 1. The maximum atomic E-state index is 5.80. The lowest BCUT2D eigenvalue weighted by molar-refractivity contribution is 0.121. The third kappa shape index (κ3) is 3.43. The van der Waals surface area contributed by atoms with Crippen LogP contribution in [0.5, 0.6) is 0 Å². The molecule has 2 atom stereocenters. The molecular weight excluding hydrogens is 172 g/mol. The molecule has 2 heteroatoms. The fourth-order valence-electron chi connectivity index (χ4n) is 2.28. The molecule has 0 aromatic heterocycles. The van der Waals surface area contributed by atoms with E-state index in [-0.39, 0.29) is 0 Å². The second kappa shape index (κ2) is 6.20. The number of allylic oxidation sites excluding steroid dienone is 1. The lowest BCUT2D eigenvalue weighted by atomic mass is 9.92. The van der Waals surface area contributed by atoms with Gasteiger partial charge in [0.1, 0.15) is 0 Å². The summed E-state index contributed by atoms with van der Waals surface area (Å²) >= 11 is 0. The lowest BCUT2D eigenvalue weighted by Crippen LogP contribution is -2.46. The summed E-state index contributed by atoms with van der Waals surface area (Å²) in [5.74, 6) is 0.860. The van der Waals surface area contributed by atoms with Crippen molar-refractivity contribution in [1.29, 1.82) is 0 Å². The zero-order valence-electron chi connectivity index (χ0n) is 9.41. The van der Waals surface area contributed by atoms with Gasteiger partial charge in [0.05, 0.1) is 0 Å². The molecule has 0 spiro atoms. The third-order valence-corrected chi connectivity index (χ3v) is 3.23. The average molecular weight is 196 g/mol. The Labute approximate surface area is 88.2 Å². The van der Waals surface area contributed by atoms with E-state index in [1.165, 1.54) is 32.4 Å². The van der Waals surface area contributed by atoms with Crippen LogP contribution in [0.1, 0.15) is 32.6 Å². The van der Waals surface area contributed by atoms with E-state index in [0.717, 1.165) is 18.9 Å². The molecule has 82 valence electrons. The van der Waals surface area contributed by atoms with E-state index in [9.17, 15) is 0 Å². The van der Waals surface area contributed by atoms with Crippen molar-refractivity contribution < 1.29 is 0 Å². The van der Waals surface area contributed by atoms with Gasteiger partial charge in [-0.15, -0.1) is 6.58 Å². The molecule has 1 aliphatic rings. The van der Waals surface area contributed by atoms with Crippen molar-refractivity contribution in [3.8, 4) is 0 Å². The van der Waals surface area contributed by atoms with Gasteiger partial charge >= 0.3 is 0 Å². The molecule has 0 saturated carbocycles. The Morgan fingerprint density at radius 2 is 2.36 bits per heavy atom. The van der Waals surface area contributed by atoms with Gasteiger partial charge in [0.15, 0.2) is 0 Å². The second-order valence-electron chi connectivity index (χ2n) is 4.49. The highest BCUT2D eigenvalue weighted by Gasteiger charge is 2.24. The lowest BCUT2D eigenvalue weighted by Gasteiger charge is -2.37. The van der Waals surface area contributed by atoms with E-state index < -0.39 is 0 Å². The molecule has 0 amide bonds. The summed E-state index contributed by atoms with van der Waals surface area (Å²) in [6.45, 7) is 9.34. The smallest absolute Gasteiger partial charge is 0.0220 e. The molecule has 1 aliphatic heterocycles. The highest BCUT2D eigenvalue weighted by molar-refractivity contribution is 4.81. The number of piperidine rings is 1. The number of rotatable bonds is 5. The Morgan fingerprint density at radius 3 is 3.00 bits per heavy atom. The SMILES string of the molecule is C=CCCCN1CCC(C)CC1CN. The van der Waals surface area contributed by atoms with Gasteiger partial charge < -0.3 is 5.73 Å². The molecule has 14 heavy (non-hydrogen) atoms. The predicted octanol–water partition coefficient (Wildman–Crippen LogP) is 2.01. The molecule has 2 nitrogen and oxygen atoms in total. The van der Waals surface area contributed by atoms with E-state index in [1.807, 2.05) is 6.08 Å². The van der Waals surface area contributed by atoms with Gasteiger partial charge in [-0.05, 0) is 44.7 Å². The van der Waals surface area contributed by atoms with Crippen LogP contribution in [0.15, 0.2) is 12.7 Å². The summed E-state index contributed by atoms with van der Waals surface area (Å²) in [6.07, 6.45) is 6.98. The highest BCUT2D eigenvalue weighted by Crippen LogP contribution is 2.21. The van der Waals surface area contributed by atoms with Gasteiger partial charge in [-0.25, -0.2) is 0 Å². The number of unbranched alkanes of at least 4 members (excludes halogenated alkanes) is 1. The van der Waals surface area contributed by atoms with Crippen molar-refractivity contribution in [2.75, 3.05) is 19.6 Å². The monoisotopic (exact) mass is 196 g/mol. The summed E-state index contributed by atoms with van der Waals surface area (Å²) in [6, 6.07) is 0.628. The molecular formula is C12H24N2. The maximum Gasteiger partial charge on any atom is 0.0220 e. The predicted molar refractivity (Wildman–Crippen MR) is 62.2 cm³/mol. The zero-order chi connectivity index (χ0) is 10.4. The van der Waals surface area contributed by atoms with Crippen LogP contribution < -0.4 is 5.73 Å². The molecule has 0 bridgehead atoms. The molecule has 1 fully saturated rings. The molecule has 2 unspecified atom stereocenters. The Balaban J connectivity index is 2.30. The molecule has 0 aromatic carbocycles. The van der Waals surface area contributed by atoms with Gasteiger partial charge in [0.2, 0.25) is 0 Å². The van der Waals surface area contributed by atoms with Crippen LogP contribution in [0.25, 0.3) is 0 Å². The first-order valence-corrected chi connectivity index (χ1v) is 5.83. The topological polar surface area (TPSA) is 29.3 Å². The average Bonchev–Trinajstić information content (AvgIpc) is 2.20. The molecule has 0 radical (unpaired) electrons. The highest BCUT2D eigenvalue weighted by atomic mass is 15.2. The molecule has 0 aliphatic carbocycles. The van der Waals surface area contributed by atoms with Crippen LogP contribution >= 0.6 is 0 Å². The normalized spacial score (nSPS) is 29.0. The van der Waals surface area contributed by atoms with E-state index in [0.29, 0.717) is 6.04 Å². The number of nitrogens with two attached hydrogens (primary N) is 1. The first-order chi connectivity index (χ1) is 6.77. The molecule has 1 saturated heterocycles. The largest absolute Gasteiger partial charge is 0.329 e. The standard InChI is InChI=1S/C12H24N2/c1-3-4-5-7-14-8-6-11(2)9-12(14)10-13/h3,11-12H,1,4-10,13H2,2H3. The first-order valence-electron chi connectivity index (χ1n) is 5.83. The van der Waals surface area contributed by atoms with Crippen molar-refractivity contribution in [3.05, 3.63) is 12.7 Å².